The molecule has 0 aliphatic heterocycles. The summed E-state index contributed by atoms with van der Waals surface area (Å²) in [5, 5.41) is 9.16. The standard InChI is InChI=1S/C10H8FN5O2S/c11-4-1-5(9(17)18)8(14-3-4)19-10-15-6(12)2-7(13)16-10/h1-3H,(H,17,18)(H4,12,13,15,16). The van der Waals surface area contributed by atoms with Gasteiger partial charge in [-0.2, -0.15) is 0 Å². The van der Waals surface area contributed by atoms with Crippen molar-refractivity contribution in [1.29, 1.82) is 0 Å². The van der Waals surface area contributed by atoms with E-state index in [2.05, 4.69) is 15.0 Å². The van der Waals surface area contributed by atoms with Gasteiger partial charge in [-0.1, -0.05) is 0 Å². The molecule has 2 heterocycles. The molecule has 0 unspecified atom stereocenters. The third kappa shape index (κ3) is 3.07. The van der Waals surface area contributed by atoms with Gasteiger partial charge in [-0.15, -0.1) is 0 Å². The molecule has 9 heteroatoms. The van der Waals surface area contributed by atoms with Gasteiger partial charge in [0.2, 0.25) is 0 Å². The Kier molecular flexibility index (Phi) is 3.47. The molecular formula is C10H8FN5O2S. The molecule has 0 saturated heterocycles. The summed E-state index contributed by atoms with van der Waals surface area (Å²) in [4.78, 5) is 22.4. The van der Waals surface area contributed by atoms with Gasteiger partial charge in [0.25, 0.3) is 0 Å². The minimum atomic E-state index is -1.30. The molecule has 0 fully saturated rings. The van der Waals surface area contributed by atoms with E-state index in [0.29, 0.717) is 0 Å². The maximum atomic E-state index is 13.0. The zero-order valence-corrected chi connectivity index (χ0v) is 10.2. The van der Waals surface area contributed by atoms with Crippen LogP contribution in [0.2, 0.25) is 0 Å². The van der Waals surface area contributed by atoms with Crippen LogP contribution in [0.1, 0.15) is 10.4 Å². The van der Waals surface area contributed by atoms with Crippen LogP contribution >= 0.6 is 11.8 Å². The van der Waals surface area contributed by atoms with E-state index < -0.39 is 11.8 Å². The third-order valence-corrected chi connectivity index (χ3v) is 2.87. The van der Waals surface area contributed by atoms with Crippen LogP contribution < -0.4 is 11.5 Å². The minimum Gasteiger partial charge on any atom is -0.478 e. The first-order valence-corrected chi connectivity index (χ1v) is 5.74. The zero-order chi connectivity index (χ0) is 14.0. The first-order chi connectivity index (χ1) is 8.95. The van der Waals surface area contributed by atoms with Gasteiger partial charge < -0.3 is 16.6 Å². The first kappa shape index (κ1) is 13.0. The number of aromatic carboxylic acids is 1. The van der Waals surface area contributed by atoms with Crippen molar-refractivity contribution >= 4 is 29.4 Å². The molecule has 2 aromatic rings. The van der Waals surface area contributed by atoms with Crippen molar-refractivity contribution < 1.29 is 14.3 Å². The van der Waals surface area contributed by atoms with Gasteiger partial charge in [0.1, 0.15) is 22.5 Å². The lowest BCUT2D eigenvalue weighted by Gasteiger charge is -2.05. The van der Waals surface area contributed by atoms with Crippen LogP contribution in [0.4, 0.5) is 16.0 Å². The Labute approximate surface area is 110 Å². The number of nitrogen functional groups attached to an aromatic ring is 2. The molecule has 0 atom stereocenters. The smallest absolute Gasteiger partial charge is 0.338 e. The first-order valence-electron chi connectivity index (χ1n) is 4.92. The number of pyridine rings is 1. The van der Waals surface area contributed by atoms with Crippen molar-refractivity contribution in [2.45, 2.75) is 10.2 Å². The van der Waals surface area contributed by atoms with E-state index in [1.807, 2.05) is 0 Å². The van der Waals surface area contributed by atoms with E-state index in [4.69, 9.17) is 16.6 Å². The minimum absolute atomic E-state index is 0.0545. The number of carboxylic acid groups (broad SMARTS) is 1. The fraction of sp³-hybridized carbons (Fsp3) is 0. The molecule has 2 rings (SSSR count). The summed E-state index contributed by atoms with van der Waals surface area (Å²) in [6, 6.07) is 2.23. The number of carboxylic acids is 1. The number of hydrogen-bond donors (Lipinski definition) is 3. The second kappa shape index (κ2) is 5.06. The molecule has 0 radical (unpaired) electrons. The summed E-state index contributed by atoms with van der Waals surface area (Å²) in [5.74, 6) is -1.75. The van der Waals surface area contributed by atoms with Gasteiger partial charge in [0.15, 0.2) is 5.16 Å². The second-order valence-corrected chi connectivity index (χ2v) is 4.37. The van der Waals surface area contributed by atoms with E-state index >= 15 is 0 Å². The summed E-state index contributed by atoms with van der Waals surface area (Å²) in [5.41, 5.74) is 10.7. The van der Waals surface area contributed by atoms with Crippen molar-refractivity contribution in [3.8, 4) is 0 Å². The lowest BCUT2D eigenvalue weighted by atomic mass is 10.3. The molecule has 98 valence electrons. The molecule has 0 aromatic carbocycles. The number of nitrogens with zero attached hydrogens (tertiary/aromatic N) is 3. The van der Waals surface area contributed by atoms with Crippen molar-refractivity contribution in [3.05, 3.63) is 29.7 Å². The molecule has 2 aromatic heterocycles. The number of carbonyl (C=O) groups is 1. The Morgan fingerprint density at radius 1 is 1.26 bits per heavy atom. The van der Waals surface area contributed by atoms with Gasteiger partial charge in [-0.05, 0) is 17.8 Å². The van der Waals surface area contributed by atoms with Crippen molar-refractivity contribution in [3.63, 3.8) is 0 Å². The van der Waals surface area contributed by atoms with Crippen LogP contribution in [0.25, 0.3) is 0 Å². The highest BCUT2D eigenvalue weighted by Gasteiger charge is 2.15. The average Bonchev–Trinajstić information content (AvgIpc) is 2.30. The molecule has 0 saturated carbocycles. The predicted octanol–water partition coefficient (Wildman–Crippen LogP) is 1.02. The second-order valence-electron chi connectivity index (χ2n) is 3.41. The maximum Gasteiger partial charge on any atom is 0.338 e. The summed E-state index contributed by atoms with van der Waals surface area (Å²) in [7, 11) is 0. The van der Waals surface area contributed by atoms with E-state index in [0.717, 1.165) is 24.0 Å². The molecule has 19 heavy (non-hydrogen) atoms. The summed E-state index contributed by atoms with van der Waals surface area (Å²) < 4.78 is 13.0. The number of rotatable bonds is 3. The van der Waals surface area contributed by atoms with Crippen LogP contribution in [0.3, 0.4) is 0 Å². The molecule has 0 aliphatic carbocycles. The van der Waals surface area contributed by atoms with Gasteiger partial charge in [0, 0.05) is 6.07 Å². The molecular weight excluding hydrogens is 273 g/mol. The molecule has 7 nitrogen and oxygen atoms in total. The molecule has 0 amide bonds. The van der Waals surface area contributed by atoms with Crippen LogP contribution in [-0.4, -0.2) is 26.0 Å². The van der Waals surface area contributed by atoms with Gasteiger partial charge >= 0.3 is 5.97 Å². The average molecular weight is 281 g/mol. The lowest BCUT2D eigenvalue weighted by molar-refractivity contribution is 0.0691. The van der Waals surface area contributed by atoms with Gasteiger partial charge in [0.05, 0.1) is 11.8 Å². The highest BCUT2D eigenvalue weighted by atomic mass is 32.2. The summed E-state index contributed by atoms with van der Waals surface area (Å²) in [6.45, 7) is 0. The Morgan fingerprint density at radius 3 is 2.47 bits per heavy atom. The molecule has 0 bridgehead atoms. The Balaban J connectivity index is 2.40. The Hall–Kier alpha value is -2.42. The topological polar surface area (TPSA) is 128 Å². The van der Waals surface area contributed by atoms with Crippen LogP contribution in [-0.2, 0) is 0 Å². The SMILES string of the molecule is Nc1cc(N)nc(Sc2ncc(F)cc2C(=O)O)n1. The summed E-state index contributed by atoms with van der Waals surface area (Å²) in [6.07, 6.45) is 0.907. The highest BCUT2D eigenvalue weighted by molar-refractivity contribution is 7.99. The molecule has 0 spiro atoms. The Morgan fingerprint density at radius 2 is 1.89 bits per heavy atom. The maximum absolute atomic E-state index is 13.0. The largest absolute Gasteiger partial charge is 0.478 e. The van der Waals surface area contributed by atoms with Gasteiger partial charge in [-0.3, -0.25) is 0 Å². The van der Waals surface area contributed by atoms with Crippen molar-refractivity contribution in [2.24, 2.45) is 0 Å². The predicted molar refractivity (Wildman–Crippen MR) is 66.1 cm³/mol. The fourth-order valence-electron chi connectivity index (χ4n) is 1.26. The molecule has 0 aliphatic rings. The van der Waals surface area contributed by atoms with E-state index in [1.165, 1.54) is 6.07 Å². The fourth-order valence-corrected chi connectivity index (χ4v) is 2.09. The number of nitrogens with two attached hydrogens (primary N) is 2. The normalized spacial score (nSPS) is 10.4. The molecule has 5 N–H and O–H groups in total. The lowest BCUT2D eigenvalue weighted by Crippen LogP contribution is -2.03. The highest BCUT2D eigenvalue weighted by Crippen LogP contribution is 2.27. The number of halogens is 1. The van der Waals surface area contributed by atoms with Crippen LogP contribution in [0.15, 0.2) is 28.5 Å². The van der Waals surface area contributed by atoms with Crippen molar-refractivity contribution in [1.82, 2.24) is 15.0 Å². The zero-order valence-electron chi connectivity index (χ0n) is 9.37. The van der Waals surface area contributed by atoms with E-state index in [9.17, 15) is 9.18 Å². The van der Waals surface area contributed by atoms with Gasteiger partial charge in [-0.25, -0.2) is 24.1 Å². The van der Waals surface area contributed by atoms with Crippen molar-refractivity contribution in [2.75, 3.05) is 11.5 Å². The van der Waals surface area contributed by atoms with E-state index in [1.54, 1.807) is 0 Å². The van der Waals surface area contributed by atoms with E-state index in [-0.39, 0.29) is 27.4 Å². The number of aromatic nitrogens is 3. The quantitative estimate of drug-likeness (QED) is 0.711. The third-order valence-electron chi connectivity index (χ3n) is 1.98. The number of hydrogen-bond acceptors (Lipinski definition) is 7. The number of anilines is 2. The Bertz CT molecular complexity index is 632. The summed E-state index contributed by atoms with van der Waals surface area (Å²) >= 11 is 0.839. The van der Waals surface area contributed by atoms with Crippen LogP contribution in [0, 0.1) is 5.82 Å². The van der Waals surface area contributed by atoms with Crippen LogP contribution in [0.5, 0.6) is 0 Å². The monoisotopic (exact) mass is 281 g/mol.